The summed E-state index contributed by atoms with van der Waals surface area (Å²) >= 11 is 4.30. The largest absolute Gasteiger partial charge is 0.388 e. The highest BCUT2D eigenvalue weighted by Gasteiger charge is 2.37. The van der Waals surface area contributed by atoms with Crippen molar-refractivity contribution >= 4 is 17.4 Å². The lowest BCUT2D eigenvalue weighted by molar-refractivity contribution is -0.183. The molecule has 0 bridgehead atoms. The maximum atomic E-state index is 9.22. The van der Waals surface area contributed by atoms with E-state index in [0.29, 0.717) is 0 Å². The minimum absolute atomic E-state index is 0.0661. The van der Waals surface area contributed by atoms with E-state index in [1.807, 2.05) is 5.16 Å². The fraction of sp³-hybridized carbons (Fsp3) is 0.833. The zero-order valence-corrected chi connectivity index (χ0v) is 6.94. The third-order valence-electron chi connectivity index (χ3n) is 1.65. The van der Waals surface area contributed by atoms with Crippen molar-refractivity contribution in [2.24, 2.45) is 4.99 Å². The van der Waals surface area contributed by atoms with E-state index in [1.54, 1.807) is 0 Å². The Morgan fingerprint density at radius 2 is 2.00 bits per heavy atom. The SMILES string of the molecule is O[C@H]1[C@H](O)COC(N=C=S)[C@@H]1O. The molecule has 1 saturated heterocycles. The van der Waals surface area contributed by atoms with Gasteiger partial charge in [0.25, 0.3) is 0 Å². The van der Waals surface area contributed by atoms with Gasteiger partial charge in [-0.1, -0.05) is 0 Å². The number of thiocarbonyl (C=S) groups is 1. The number of aliphatic imine (C=N–C) groups is 1. The van der Waals surface area contributed by atoms with Crippen LogP contribution in [0.5, 0.6) is 0 Å². The van der Waals surface area contributed by atoms with Crippen molar-refractivity contribution in [3.05, 3.63) is 0 Å². The minimum atomic E-state index is -1.25. The molecule has 0 aliphatic carbocycles. The molecule has 1 unspecified atom stereocenters. The van der Waals surface area contributed by atoms with Crippen LogP contribution < -0.4 is 0 Å². The first kappa shape index (κ1) is 9.73. The van der Waals surface area contributed by atoms with Crippen molar-refractivity contribution in [3.63, 3.8) is 0 Å². The van der Waals surface area contributed by atoms with Gasteiger partial charge in [0.15, 0.2) is 6.23 Å². The highest BCUT2D eigenvalue weighted by molar-refractivity contribution is 7.78. The lowest BCUT2D eigenvalue weighted by atomic mass is 10.1. The van der Waals surface area contributed by atoms with E-state index in [4.69, 9.17) is 14.9 Å². The highest BCUT2D eigenvalue weighted by atomic mass is 32.1. The molecule has 1 fully saturated rings. The van der Waals surface area contributed by atoms with Crippen molar-refractivity contribution in [2.75, 3.05) is 6.61 Å². The van der Waals surface area contributed by atoms with Gasteiger partial charge in [0.1, 0.15) is 18.3 Å². The summed E-state index contributed by atoms with van der Waals surface area (Å²) in [7, 11) is 0. The van der Waals surface area contributed by atoms with Crippen molar-refractivity contribution in [3.8, 4) is 0 Å². The maximum absolute atomic E-state index is 9.22. The molecule has 1 heterocycles. The summed E-state index contributed by atoms with van der Waals surface area (Å²) in [6, 6.07) is 0. The Bertz CT molecular complexity index is 206. The van der Waals surface area contributed by atoms with E-state index in [2.05, 4.69) is 17.2 Å². The van der Waals surface area contributed by atoms with Gasteiger partial charge >= 0.3 is 0 Å². The Labute approximate surface area is 74.3 Å². The summed E-state index contributed by atoms with van der Waals surface area (Å²) in [6.45, 7) is -0.0661. The van der Waals surface area contributed by atoms with Crippen LogP contribution in [0.25, 0.3) is 0 Å². The molecule has 5 nitrogen and oxygen atoms in total. The van der Waals surface area contributed by atoms with Crippen LogP contribution in [-0.4, -0.2) is 51.6 Å². The second kappa shape index (κ2) is 4.04. The van der Waals surface area contributed by atoms with Gasteiger partial charge in [-0.25, -0.2) is 0 Å². The molecular weight excluding hydrogens is 182 g/mol. The average Bonchev–Trinajstić information content (AvgIpc) is 2.07. The predicted octanol–water partition coefficient (Wildman–Crippen LogP) is -1.47. The number of aliphatic hydroxyl groups is 3. The van der Waals surface area contributed by atoms with Gasteiger partial charge in [-0.2, -0.15) is 4.99 Å². The Morgan fingerprint density at radius 3 is 2.58 bits per heavy atom. The topological polar surface area (TPSA) is 82.3 Å². The Kier molecular flexibility index (Phi) is 3.28. The second-order valence-electron chi connectivity index (χ2n) is 2.49. The zero-order valence-electron chi connectivity index (χ0n) is 6.12. The van der Waals surface area contributed by atoms with Crippen LogP contribution in [0.4, 0.5) is 0 Å². The Hall–Kier alpha value is -0.360. The third kappa shape index (κ3) is 1.87. The average molecular weight is 191 g/mol. The second-order valence-corrected chi connectivity index (χ2v) is 2.68. The van der Waals surface area contributed by atoms with Gasteiger partial charge in [0.05, 0.1) is 11.8 Å². The summed E-state index contributed by atoms with van der Waals surface area (Å²) in [5.74, 6) is 0. The molecule has 0 radical (unpaired) electrons. The number of rotatable bonds is 1. The Balaban J connectivity index is 2.64. The lowest BCUT2D eigenvalue weighted by Crippen LogP contribution is -2.52. The molecule has 1 rings (SSSR count). The van der Waals surface area contributed by atoms with Crippen LogP contribution in [0.15, 0.2) is 4.99 Å². The molecule has 68 valence electrons. The number of isothiocyanates is 1. The molecule has 0 saturated carbocycles. The fourth-order valence-electron chi connectivity index (χ4n) is 0.956. The van der Waals surface area contributed by atoms with E-state index in [1.165, 1.54) is 0 Å². The number of hydrogen-bond acceptors (Lipinski definition) is 6. The van der Waals surface area contributed by atoms with Crippen LogP contribution >= 0.6 is 12.2 Å². The molecule has 0 amide bonds. The van der Waals surface area contributed by atoms with Crippen LogP contribution in [0.2, 0.25) is 0 Å². The van der Waals surface area contributed by atoms with E-state index in [9.17, 15) is 5.11 Å². The molecule has 0 aromatic rings. The number of aliphatic hydroxyl groups excluding tert-OH is 3. The summed E-state index contributed by atoms with van der Waals surface area (Å²) in [5.41, 5.74) is 0. The quantitative estimate of drug-likeness (QED) is 0.348. The summed E-state index contributed by atoms with van der Waals surface area (Å²) < 4.78 is 4.86. The normalized spacial score (nSPS) is 41.9. The van der Waals surface area contributed by atoms with Crippen molar-refractivity contribution in [1.82, 2.24) is 0 Å². The number of nitrogens with zero attached hydrogens (tertiary/aromatic N) is 1. The molecule has 3 N–H and O–H groups in total. The molecule has 12 heavy (non-hydrogen) atoms. The van der Waals surface area contributed by atoms with Crippen LogP contribution in [0.3, 0.4) is 0 Å². The summed E-state index contributed by atoms with van der Waals surface area (Å²) in [4.78, 5) is 3.47. The zero-order chi connectivity index (χ0) is 9.14. The smallest absolute Gasteiger partial charge is 0.186 e. The minimum Gasteiger partial charge on any atom is -0.388 e. The van der Waals surface area contributed by atoms with Gasteiger partial charge in [-0.3, -0.25) is 0 Å². The monoisotopic (exact) mass is 191 g/mol. The highest BCUT2D eigenvalue weighted by Crippen LogP contribution is 2.15. The van der Waals surface area contributed by atoms with Crippen molar-refractivity contribution < 1.29 is 20.1 Å². The van der Waals surface area contributed by atoms with E-state index >= 15 is 0 Å². The molecule has 0 aromatic heterocycles. The first-order valence-electron chi connectivity index (χ1n) is 3.39. The molecule has 0 spiro atoms. The van der Waals surface area contributed by atoms with Crippen LogP contribution in [-0.2, 0) is 4.74 Å². The third-order valence-corrected chi connectivity index (χ3v) is 1.76. The molecule has 4 atom stereocenters. The van der Waals surface area contributed by atoms with E-state index < -0.39 is 24.5 Å². The fourth-order valence-corrected chi connectivity index (χ4v) is 1.06. The molecule has 1 aliphatic rings. The van der Waals surface area contributed by atoms with Crippen molar-refractivity contribution in [1.29, 1.82) is 0 Å². The Morgan fingerprint density at radius 1 is 1.33 bits per heavy atom. The van der Waals surface area contributed by atoms with E-state index in [0.717, 1.165) is 0 Å². The van der Waals surface area contributed by atoms with Crippen LogP contribution in [0, 0.1) is 0 Å². The van der Waals surface area contributed by atoms with Crippen molar-refractivity contribution in [2.45, 2.75) is 24.5 Å². The maximum Gasteiger partial charge on any atom is 0.186 e. The molecule has 0 aromatic carbocycles. The van der Waals surface area contributed by atoms with Gasteiger partial charge in [-0.05, 0) is 12.2 Å². The number of hydrogen-bond donors (Lipinski definition) is 3. The van der Waals surface area contributed by atoms with Crippen LogP contribution in [0.1, 0.15) is 0 Å². The lowest BCUT2D eigenvalue weighted by Gasteiger charge is -2.32. The van der Waals surface area contributed by atoms with E-state index in [-0.39, 0.29) is 6.61 Å². The first-order chi connectivity index (χ1) is 5.66. The molecule has 6 heteroatoms. The summed E-state index contributed by atoms with van der Waals surface area (Å²) in [5, 5.41) is 29.4. The number of ether oxygens (including phenoxy) is 1. The molecule has 1 aliphatic heterocycles. The van der Waals surface area contributed by atoms with Gasteiger partial charge < -0.3 is 20.1 Å². The van der Waals surface area contributed by atoms with Gasteiger partial charge in [0.2, 0.25) is 0 Å². The van der Waals surface area contributed by atoms with Gasteiger partial charge in [0, 0.05) is 0 Å². The first-order valence-corrected chi connectivity index (χ1v) is 3.80. The molecular formula is C6H9NO4S. The standard InChI is InChI=1S/C6H9NO4S/c8-3-1-11-6(7-2-12)5(10)4(3)9/h3-6,8-10H,1H2/t3-,4+,5-,6?/m1/s1. The summed E-state index contributed by atoms with van der Waals surface area (Å²) in [6.07, 6.45) is -4.47. The predicted molar refractivity (Wildman–Crippen MR) is 42.8 cm³/mol. The van der Waals surface area contributed by atoms with Gasteiger partial charge in [-0.15, -0.1) is 0 Å².